The maximum Gasteiger partial charge on any atom is 0.490 e. The predicted octanol–water partition coefficient (Wildman–Crippen LogP) is 5.72. The summed E-state index contributed by atoms with van der Waals surface area (Å²) in [4.78, 5) is 63.3. The molecule has 0 aliphatic heterocycles. The van der Waals surface area contributed by atoms with Crippen LogP contribution in [0.25, 0.3) is 10.8 Å². The first kappa shape index (κ1) is 51.1. The molecule has 0 aliphatic carbocycles. The van der Waals surface area contributed by atoms with E-state index in [4.69, 9.17) is 15.6 Å². The monoisotopic (exact) mass is 899 g/mol. The highest BCUT2D eigenvalue weighted by Gasteiger charge is 2.38. The number of primary amides is 1. The van der Waals surface area contributed by atoms with Crippen LogP contribution in [0.5, 0.6) is 0 Å². The van der Waals surface area contributed by atoms with Gasteiger partial charge in [-0.05, 0) is 62.1 Å². The summed E-state index contributed by atoms with van der Waals surface area (Å²) in [5, 5.41) is 20.2. The number of carboxylic acids is 1. The Hall–Kier alpha value is -6.21. The molecule has 4 aromatic carbocycles. The second kappa shape index (κ2) is 22.8. The largest absolute Gasteiger partial charge is 0.490 e. The van der Waals surface area contributed by atoms with Crippen LogP contribution in [0.15, 0.2) is 89.8 Å². The number of nitrogens with two attached hydrogens (primary N) is 1. The second-order valence-electron chi connectivity index (χ2n) is 15.4. The molecule has 0 heterocycles. The van der Waals surface area contributed by atoms with Crippen LogP contribution < -0.4 is 36.6 Å². The summed E-state index contributed by atoms with van der Waals surface area (Å²) in [5.41, 5.74) is 7.35. The summed E-state index contributed by atoms with van der Waals surface area (Å²) < 4.78 is 62.5. The minimum absolute atomic E-state index is 0.0265. The number of hydrogen-bond acceptors (Lipinski definition) is 9. The second-order valence-corrected chi connectivity index (χ2v) is 17.1. The maximum atomic E-state index is 14.1. The molecule has 0 radical (unpaired) electrons. The van der Waals surface area contributed by atoms with Crippen LogP contribution in [0.4, 0.5) is 24.5 Å². The number of aliphatic carboxylic acids is 1. The molecule has 0 unspecified atom stereocenters. The Balaban J connectivity index is 0.00000139. The number of carbonyl (C=O) groups is 5. The van der Waals surface area contributed by atoms with Gasteiger partial charge in [-0.25, -0.2) is 13.2 Å². The lowest BCUT2D eigenvalue weighted by Crippen LogP contribution is -2.54. The maximum absolute atomic E-state index is 14.1. The van der Waals surface area contributed by atoms with Gasteiger partial charge in [0.2, 0.25) is 11.8 Å². The molecule has 4 aromatic rings. The van der Waals surface area contributed by atoms with Crippen molar-refractivity contribution in [1.82, 2.24) is 21.3 Å². The molecule has 4 atom stereocenters. The molecule has 4 amide bonds. The number of anilines is 2. The molecule has 63 heavy (non-hydrogen) atoms. The summed E-state index contributed by atoms with van der Waals surface area (Å²) in [7, 11) is -0.464. The molecule has 0 saturated heterocycles. The third-order valence-corrected chi connectivity index (χ3v) is 11.2. The predicted molar refractivity (Wildman–Crippen MR) is 236 cm³/mol. The van der Waals surface area contributed by atoms with Crippen molar-refractivity contribution in [2.45, 2.75) is 89.1 Å². The number of hydrogen-bond donors (Lipinski definition) is 7. The SMILES string of the molecule is CCCC[C@@H](CN[C@@H](C)C(=O)N[C@H](C(N)=O)C(C)C)NC(=O)c1cc(NS(=O)(=O)c2cccc3c(N(C)C)cccc23)cc(C(=O)N[C@H](C)c2ccccc2)c1.O=C(O)C(F)(F)F. The van der Waals surface area contributed by atoms with Gasteiger partial charge in [0, 0.05) is 54.3 Å². The highest BCUT2D eigenvalue weighted by Crippen LogP contribution is 2.31. The summed E-state index contributed by atoms with van der Waals surface area (Å²) in [5.74, 6) is -5.03. The Labute approximate surface area is 365 Å². The van der Waals surface area contributed by atoms with Crippen LogP contribution in [0.3, 0.4) is 0 Å². The Morgan fingerprint density at radius 2 is 1.37 bits per heavy atom. The summed E-state index contributed by atoms with van der Waals surface area (Å²) >= 11 is 0. The number of rotatable bonds is 19. The van der Waals surface area contributed by atoms with Gasteiger partial charge in [-0.3, -0.25) is 23.9 Å². The van der Waals surface area contributed by atoms with Crippen molar-refractivity contribution in [3.63, 3.8) is 0 Å². The zero-order chi connectivity index (χ0) is 47.2. The molecule has 15 nitrogen and oxygen atoms in total. The van der Waals surface area contributed by atoms with Gasteiger partial charge in [0.25, 0.3) is 21.8 Å². The molecule has 8 N–H and O–H groups in total. The molecule has 342 valence electrons. The van der Waals surface area contributed by atoms with E-state index in [1.54, 1.807) is 39.0 Å². The van der Waals surface area contributed by atoms with Crippen LogP contribution in [0.1, 0.15) is 86.2 Å². The van der Waals surface area contributed by atoms with E-state index < -0.39 is 63.9 Å². The van der Waals surface area contributed by atoms with E-state index in [2.05, 4.69) is 26.0 Å². The van der Waals surface area contributed by atoms with Gasteiger partial charge < -0.3 is 37.0 Å². The highest BCUT2D eigenvalue weighted by molar-refractivity contribution is 7.93. The van der Waals surface area contributed by atoms with Gasteiger partial charge in [0.15, 0.2) is 0 Å². The number of halogens is 3. The van der Waals surface area contributed by atoms with Crippen molar-refractivity contribution in [3.8, 4) is 0 Å². The van der Waals surface area contributed by atoms with Crippen molar-refractivity contribution in [3.05, 3.63) is 102 Å². The average Bonchev–Trinajstić information content (AvgIpc) is 3.22. The molecule has 19 heteroatoms. The number of nitrogens with zero attached hydrogens (tertiary/aromatic N) is 1. The van der Waals surface area contributed by atoms with Gasteiger partial charge in [-0.1, -0.05) is 88.2 Å². The molecule has 0 aliphatic rings. The van der Waals surface area contributed by atoms with Crippen molar-refractivity contribution in [2.24, 2.45) is 11.7 Å². The smallest absolute Gasteiger partial charge is 0.475 e. The zero-order valence-corrected chi connectivity index (χ0v) is 37.0. The van der Waals surface area contributed by atoms with Gasteiger partial charge in [-0.15, -0.1) is 0 Å². The lowest BCUT2D eigenvalue weighted by atomic mass is 10.0. The fraction of sp³-hybridized carbons (Fsp3) is 0.386. The van der Waals surface area contributed by atoms with Crippen LogP contribution in [0.2, 0.25) is 0 Å². The Bertz CT molecular complexity index is 2350. The molecular weight excluding hydrogens is 844 g/mol. The zero-order valence-electron chi connectivity index (χ0n) is 36.2. The van der Waals surface area contributed by atoms with Gasteiger partial charge in [0.05, 0.1) is 22.7 Å². The molecule has 0 fully saturated rings. The molecular formula is C44H56F3N7O8S. The Morgan fingerprint density at radius 3 is 1.90 bits per heavy atom. The summed E-state index contributed by atoms with van der Waals surface area (Å²) in [6.07, 6.45) is -2.89. The normalized spacial score (nSPS) is 13.4. The van der Waals surface area contributed by atoms with Crippen molar-refractivity contribution < 1.29 is 50.7 Å². The average molecular weight is 900 g/mol. The van der Waals surface area contributed by atoms with E-state index >= 15 is 0 Å². The van der Waals surface area contributed by atoms with Gasteiger partial charge in [-0.2, -0.15) is 13.2 Å². The molecule has 0 aromatic heterocycles. The van der Waals surface area contributed by atoms with Crippen LogP contribution in [0, 0.1) is 5.92 Å². The topological polar surface area (TPSA) is 229 Å². The molecule has 0 spiro atoms. The van der Waals surface area contributed by atoms with Crippen LogP contribution in [-0.2, 0) is 24.4 Å². The van der Waals surface area contributed by atoms with Crippen molar-refractivity contribution >= 4 is 61.8 Å². The first-order valence-electron chi connectivity index (χ1n) is 20.1. The summed E-state index contributed by atoms with van der Waals surface area (Å²) in [6.45, 7) is 9.29. The third-order valence-electron chi connectivity index (χ3n) is 9.81. The number of fused-ring (bicyclic) bond motifs is 1. The molecule has 0 saturated carbocycles. The number of amides is 4. The lowest BCUT2D eigenvalue weighted by Gasteiger charge is -2.24. The van der Waals surface area contributed by atoms with E-state index in [-0.39, 0.29) is 40.2 Å². The van der Waals surface area contributed by atoms with Gasteiger partial charge >= 0.3 is 12.1 Å². The van der Waals surface area contributed by atoms with Crippen LogP contribution in [-0.4, -0.2) is 88.1 Å². The minimum Gasteiger partial charge on any atom is -0.475 e. The fourth-order valence-corrected chi connectivity index (χ4v) is 7.62. The number of alkyl halides is 3. The first-order chi connectivity index (χ1) is 29.5. The number of carboxylic acid groups (broad SMARTS) is 1. The fourth-order valence-electron chi connectivity index (χ4n) is 6.35. The number of sulfonamides is 1. The van der Waals surface area contributed by atoms with Crippen molar-refractivity contribution in [1.29, 1.82) is 0 Å². The Morgan fingerprint density at radius 1 is 0.794 bits per heavy atom. The third kappa shape index (κ3) is 15.0. The van der Waals surface area contributed by atoms with E-state index in [0.29, 0.717) is 11.8 Å². The van der Waals surface area contributed by atoms with Crippen molar-refractivity contribution in [2.75, 3.05) is 30.3 Å². The lowest BCUT2D eigenvalue weighted by molar-refractivity contribution is -0.192. The number of carbonyl (C=O) groups excluding carboxylic acids is 4. The van der Waals surface area contributed by atoms with E-state index in [1.807, 2.05) is 75.3 Å². The minimum atomic E-state index is -5.08. The first-order valence-corrected chi connectivity index (χ1v) is 21.6. The standard InChI is InChI=1S/C42H55N7O6S.C2HF3O2/c1-8-9-17-32(25-44-28(5)40(51)47-38(26(2)3)39(43)50)46-42(53)31-22-30(41(52)45-27(4)29-15-11-10-12-16-29)23-33(24-31)48-56(54,55)37-21-14-18-34-35(37)19-13-20-36(34)49(6)7;3-2(4,5)1(6)7/h10-16,18-24,26-28,32,38,44,48H,8-9,17,25H2,1-7H3,(H2,43,50)(H,45,52)(H,46,53)(H,47,51);(H,6,7)/t27-,28+,32+,38+;/m1./s1. The van der Waals surface area contributed by atoms with E-state index in [1.165, 1.54) is 24.3 Å². The summed E-state index contributed by atoms with van der Waals surface area (Å²) in [6, 6.07) is 21.7. The van der Waals surface area contributed by atoms with Crippen LogP contribution >= 0.6 is 0 Å². The molecule has 0 bridgehead atoms. The Kier molecular flexibility index (Phi) is 18.5. The highest BCUT2D eigenvalue weighted by atomic mass is 32.2. The molecule has 4 rings (SSSR count). The number of unbranched alkanes of at least 4 members (excludes halogenated alkanes) is 1. The van der Waals surface area contributed by atoms with E-state index in [9.17, 15) is 40.8 Å². The van der Waals surface area contributed by atoms with Gasteiger partial charge in [0.1, 0.15) is 6.04 Å². The van der Waals surface area contributed by atoms with E-state index in [0.717, 1.165) is 29.5 Å². The number of nitrogens with one attached hydrogen (secondary N) is 5. The number of benzene rings is 4. The quantitative estimate of drug-likeness (QED) is 0.0605.